The first-order valence-electron chi connectivity index (χ1n) is 3.52. The van der Waals surface area contributed by atoms with Gasteiger partial charge in [-0.25, -0.2) is 4.98 Å². The van der Waals surface area contributed by atoms with Crippen LogP contribution in [0.1, 0.15) is 32.3 Å². The SMILES string of the molecule is Cc1cnc(C(C)(C)C)[nH]1. The number of hydrogen-bond donors (Lipinski definition) is 1. The molecular formula is C8H14N2. The Labute approximate surface area is 61.7 Å². The summed E-state index contributed by atoms with van der Waals surface area (Å²) in [6.07, 6.45) is 1.86. The van der Waals surface area contributed by atoms with Gasteiger partial charge in [-0.05, 0) is 6.92 Å². The summed E-state index contributed by atoms with van der Waals surface area (Å²) in [6, 6.07) is 0. The molecule has 10 heavy (non-hydrogen) atoms. The van der Waals surface area contributed by atoms with E-state index in [2.05, 4.69) is 30.7 Å². The van der Waals surface area contributed by atoms with Crippen LogP contribution in [0.4, 0.5) is 0 Å². The number of hydrogen-bond acceptors (Lipinski definition) is 1. The largest absolute Gasteiger partial charge is 0.346 e. The minimum atomic E-state index is 0.147. The number of aromatic amines is 1. The summed E-state index contributed by atoms with van der Waals surface area (Å²) in [5.41, 5.74) is 1.28. The molecule has 0 amide bonds. The molecule has 0 spiro atoms. The van der Waals surface area contributed by atoms with Crippen LogP contribution in [0, 0.1) is 6.92 Å². The van der Waals surface area contributed by atoms with Crippen LogP contribution in [-0.2, 0) is 5.41 Å². The Kier molecular flexibility index (Phi) is 1.55. The van der Waals surface area contributed by atoms with E-state index in [1.54, 1.807) is 0 Å². The van der Waals surface area contributed by atoms with E-state index in [1.807, 2.05) is 13.1 Å². The first kappa shape index (κ1) is 7.32. The molecule has 0 saturated heterocycles. The van der Waals surface area contributed by atoms with E-state index >= 15 is 0 Å². The first-order valence-corrected chi connectivity index (χ1v) is 3.52. The lowest BCUT2D eigenvalue weighted by atomic mass is 9.96. The Morgan fingerprint density at radius 1 is 1.40 bits per heavy atom. The molecule has 0 aliphatic carbocycles. The second-order valence-corrected chi connectivity index (χ2v) is 3.66. The topological polar surface area (TPSA) is 28.7 Å². The van der Waals surface area contributed by atoms with E-state index < -0.39 is 0 Å². The van der Waals surface area contributed by atoms with Crippen molar-refractivity contribution in [2.45, 2.75) is 33.1 Å². The third-order valence-corrected chi connectivity index (χ3v) is 1.41. The molecule has 1 aromatic heterocycles. The number of aromatic nitrogens is 2. The molecule has 0 saturated carbocycles. The smallest absolute Gasteiger partial charge is 0.111 e. The molecule has 0 bridgehead atoms. The van der Waals surface area contributed by atoms with Crippen LogP contribution in [0.5, 0.6) is 0 Å². The monoisotopic (exact) mass is 138 g/mol. The number of rotatable bonds is 0. The van der Waals surface area contributed by atoms with Crippen LogP contribution in [0.25, 0.3) is 0 Å². The quantitative estimate of drug-likeness (QED) is 0.583. The minimum absolute atomic E-state index is 0.147. The normalized spacial score (nSPS) is 12.0. The van der Waals surface area contributed by atoms with Gasteiger partial charge in [-0.15, -0.1) is 0 Å². The van der Waals surface area contributed by atoms with Crippen LogP contribution >= 0.6 is 0 Å². The molecule has 1 rings (SSSR count). The number of nitrogens with one attached hydrogen (secondary N) is 1. The molecule has 2 nitrogen and oxygen atoms in total. The summed E-state index contributed by atoms with van der Waals surface area (Å²) >= 11 is 0. The van der Waals surface area contributed by atoms with Gasteiger partial charge < -0.3 is 4.98 Å². The highest BCUT2D eigenvalue weighted by molar-refractivity contribution is 5.06. The number of H-pyrrole nitrogens is 1. The zero-order valence-electron chi connectivity index (χ0n) is 7.02. The molecule has 1 aromatic rings. The number of nitrogens with zero attached hydrogens (tertiary/aromatic N) is 1. The molecule has 0 aromatic carbocycles. The Bertz CT molecular complexity index is 217. The van der Waals surface area contributed by atoms with Crippen LogP contribution in [0.15, 0.2) is 6.20 Å². The zero-order chi connectivity index (χ0) is 7.78. The average molecular weight is 138 g/mol. The van der Waals surface area contributed by atoms with E-state index in [9.17, 15) is 0 Å². The van der Waals surface area contributed by atoms with Gasteiger partial charge in [0.15, 0.2) is 0 Å². The van der Waals surface area contributed by atoms with Gasteiger partial charge in [0.2, 0.25) is 0 Å². The third kappa shape index (κ3) is 1.38. The summed E-state index contributed by atoms with van der Waals surface area (Å²) in [4.78, 5) is 7.44. The van der Waals surface area contributed by atoms with Crippen molar-refractivity contribution in [3.05, 3.63) is 17.7 Å². The Morgan fingerprint density at radius 2 is 2.00 bits per heavy atom. The van der Waals surface area contributed by atoms with Gasteiger partial charge in [-0.3, -0.25) is 0 Å². The maximum absolute atomic E-state index is 4.23. The van der Waals surface area contributed by atoms with Crippen molar-refractivity contribution in [1.82, 2.24) is 9.97 Å². The fraction of sp³-hybridized carbons (Fsp3) is 0.625. The molecule has 0 unspecified atom stereocenters. The van der Waals surface area contributed by atoms with Crippen molar-refractivity contribution in [1.29, 1.82) is 0 Å². The van der Waals surface area contributed by atoms with Gasteiger partial charge in [-0.2, -0.15) is 0 Å². The molecule has 1 heterocycles. The van der Waals surface area contributed by atoms with Crippen LogP contribution in [0.2, 0.25) is 0 Å². The summed E-state index contributed by atoms with van der Waals surface area (Å²) in [5, 5.41) is 0. The van der Waals surface area contributed by atoms with Crippen molar-refractivity contribution >= 4 is 0 Å². The molecule has 0 aliphatic rings. The number of imidazole rings is 1. The second kappa shape index (κ2) is 2.11. The van der Waals surface area contributed by atoms with Crippen molar-refractivity contribution < 1.29 is 0 Å². The van der Waals surface area contributed by atoms with Crippen molar-refractivity contribution in [3.8, 4) is 0 Å². The highest BCUT2D eigenvalue weighted by Gasteiger charge is 2.15. The molecule has 1 N–H and O–H groups in total. The fourth-order valence-corrected chi connectivity index (χ4v) is 0.794. The van der Waals surface area contributed by atoms with Gasteiger partial charge in [0.05, 0.1) is 0 Å². The summed E-state index contributed by atoms with van der Waals surface area (Å²) in [5.74, 6) is 1.06. The highest BCUT2D eigenvalue weighted by Crippen LogP contribution is 2.17. The highest BCUT2D eigenvalue weighted by atomic mass is 14.9. The lowest BCUT2D eigenvalue weighted by Gasteiger charge is -2.13. The van der Waals surface area contributed by atoms with Gasteiger partial charge in [-0.1, -0.05) is 20.8 Å². The van der Waals surface area contributed by atoms with Gasteiger partial charge in [0, 0.05) is 17.3 Å². The molecule has 0 radical (unpaired) electrons. The lowest BCUT2D eigenvalue weighted by Crippen LogP contribution is -2.13. The standard InChI is InChI=1S/C8H14N2/c1-6-5-9-7(10-6)8(2,3)4/h5H,1-4H3,(H,9,10). The lowest BCUT2D eigenvalue weighted by molar-refractivity contribution is 0.552. The van der Waals surface area contributed by atoms with Gasteiger partial charge in [0.25, 0.3) is 0 Å². The van der Waals surface area contributed by atoms with E-state index in [-0.39, 0.29) is 5.41 Å². The van der Waals surface area contributed by atoms with Gasteiger partial charge in [0.1, 0.15) is 5.82 Å². The van der Waals surface area contributed by atoms with E-state index in [1.165, 1.54) is 0 Å². The molecule has 56 valence electrons. The maximum Gasteiger partial charge on any atom is 0.111 e. The molecule has 0 atom stereocenters. The molecule has 2 heteroatoms. The average Bonchev–Trinajstić information content (AvgIpc) is 2.11. The molecule has 0 aliphatic heterocycles. The maximum atomic E-state index is 4.23. The zero-order valence-corrected chi connectivity index (χ0v) is 7.02. The Morgan fingerprint density at radius 3 is 2.20 bits per heavy atom. The first-order chi connectivity index (χ1) is 4.50. The summed E-state index contributed by atoms with van der Waals surface area (Å²) < 4.78 is 0. The summed E-state index contributed by atoms with van der Waals surface area (Å²) in [7, 11) is 0. The number of aryl methyl sites for hydroxylation is 1. The van der Waals surface area contributed by atoms with Crippen LogP contribution in [0.3, 0.4) is 0 Å². The Balaban J connectivity index is 2.96. The molecular weight excluding hydrogens is 124 g/mol. The minimum Gasteiger partial charge on any atom is -0.346 e. The van der Waals surface area contributed by atoms with Crippen LogP contribution < -0.4 is 0 Å². The van der Waals surface area contributed by atoms with Crippen molar-refractivity contribution in [2.75, 3.05) is 0 Å². The second-order valence-electron chi connectivity index (χ2n) is 3.66. The third-order valence-electron chi connectivity index (χ3n) is 1.41. The van der Waals surface area contributed by atoms with Crippen molar-refractivity contribution in [3.63, 3.8) is 0 Å². The van der Waals surface area contributed by atoms with E-state index in [0.29, 0.717) is 0 Å². The Hall–Kier alpha value is -0.790. The predicted molar refractivity (Wildman–Crippen MR) is 42.0 cm³/mol. The van der Waals surface area contributed by atoms with Crippen LogP contribution in [-0.4, -0.2) is 9.97 Å². The fourth-order valence-electron chi connectivity index (χ4n) is 0.794. The van der Waals surface area contributed by atoms with E-state index in [0.717, 1.165) is 11.5 Å². The predicted octanol–water partition coefficient (Wildman–Crippen LogP) is 2.02. The molecule has 0 fully saturated rings. The van der Waals surface area contributed by atoms with Crippen molar-refractivity contribution in [2.24, 2.45) is 0 Å². The summed E-state index contributed by atoms with van der Waals surface area (Å²) in [6.45, 7) is 8.45. The van der Waals surface area contributed by atoms with Gasteiger partial charge >= 0.3 is 0 Å². The van der Waals surface area contributed by atoms with E-state index in [4.69, 9.17) is 0 Å².